The van der Waals surface area contributed by atoms with E-state index in [1.807, 2.05) is 0 Å². The number of carbonyl (C=O) groups is 1. The van der Waals surface area contributed by atoms with Crippen LogP contribution in [0.2, 0.25) is 0 Å². The van der Waals surface area contributed by atoms with Crippen LogP contribution in [0.15, 0.2) is 6.08 Å². The van der Waals surface area contributed by atoms with Crippen molar-refractivity contribution >= 4 is 11.5 Å². The molecule has 1 spiro atoms. The van der Waals surface area contributed by atoms with Crippen molar-refractivity contribution in [3.63, 3.8) is 0 Å². The number of carbonyl (C=O) groups excluding carboxylic acids is 1. The summed E-state index contributed by atoms with van der Waals surface area (Å²) in [5, 5.41) is 4.18. The van der Waals surface area contributed by atoms with Crippen molar-refractivity contribution in [2.75, 3.05) is 13.2 Å². The second kappa shape index (κ2) is 6.12. The zero-order valence-corrected chi connectivity index (χ0v) is 16.1. The summed E-state index contributed by atoms with van der Waals surface area (Å²) in [5.41, 5.74) is 2.06. The molecule has 0 N–H and O–H groups in total. The number of esters is 1. The zero-order valence-electron chi connectivity index (χ0n) is 16.1. The fourth-order valence-electron chi connectivity index (χ4n) is 4.72. The Labute approximate surface area is 157 Å². The number of hydrogen-bond donors (Lipinski definition) is 0. The molecule has 5 nitrogen and oxygen atoms in total. The van der Waals surface area contributed by atoms with E-state index < -0.39 is 18.4 Å². The van der Waals surface area contributed by atoms with Crippen LogP contribution in [0.4, 0.5) is 8.78 Å². The van der Waals surface area contributed by atoms with Crippen molar-refractivity contribution < 1.29 is 23.0 Å². The predicted octanol–water partition coefficient (Wildman–Crippen LogP) is 4.00. The lowest BCUT2D eigenvalue weighted by atomic mass is 9.76. The second-order valence-electron chi connectivity index (χ2n) is 8.83. The number of allylic oxidation sites excluding steroid dienone is 1. The Bertz CT molecular complexity index is 812. The molecule has 1 atom stereocenters. The van der Waals surface area contributed by atoms with Gasteiger partial charge < -0.3 is 9.47 Å². The normalized spacial score (nSPS) is 28.3. The first-order chi connectivity index (χ1) is 12.6. The van der Waals surface area contributed by atoms with E-state index >= 15 is 0 Å². The van der Waals surface area contributed by atoms with E-state index in [0.29, 0.717) is 17.7 Å². The first-order valence-corrected chi connectivity index (χ1v) is 9.62. The Morgan fingerprint density at radius 3 is 2.78 bits per heavy atom. The minimum absolute atomic E-state index is 0.155. The highest BCUT2D eigenvalue weighted by molar-refractivity contribution is 5.94. The van der Waals surface area contributed by atoms with E-state index in [4.69, 9.17) is 9.47 Å². The molecule has 7 heteroatoms. The fraction of sp³-hybridized carbons (Fsp3) is 0.700. The number of aromatic nitrogens is 2. The van der Waals surface area contributed by atoms with Crippen molar-refractivity contribution in [1.82, 2.24) is 9.78 Å². The molecule has 148 valence electrons. The smallest absolute Gasteiger partial charge is 0.359 e. The van der Waals surface area contributed by atoms with Gasteiger partial charge in [0.05, 0.1) is 30.9 Å². The van der Waals surface area contributed by atoms with Crippen LogP contribution >= 0.6 is 0 Å². The van der Waals surface area contributed by atoms with Gasteiger partial charge in [0.25, 0.3) is 5.92 Å². The van der Waals surface area contributed by atoms with Gasteiger partial charge in [-0.1, -0.05) is 19.9 Å². The SMILES string of the molecule is CCOC(=O)c1nn2c(c1C1=CCC3(CC1)CC(C)(C)CO3)CC(F)(F)C2. The predicted molar refractivity (Wildman–Crippen MR) is 95.7 cm³/mol. The molecule has 0 aromatic carbocycles. The summed E-state index contributed by atoms with van der Waals surface area (Å²) in [6, 6.07) is 0. The lowest BCUT2D eigenvalue weighted by Gasteiger charge is -2.32. The maximum absolute atomic E-state index is 13.9. The first-order valence-electron chi connectivity index (χ1n) is 9.62. The molecule has 3 heterocycles. The summed E-state index contributed by atoms with van der Waals surface area (Å²) >= 11 is 0. The van der Waals surface area contributed by atoms with Crippen LogP contribution in [-0.4, -0.2) is 40.5 Å². The van der Waals surface area contributed by atoms with Crippen LogP contribution in [0, 0.1) is 5.41 Å². The molecule has 27 heavy (non-hydrogen) atoms. The van der Waals surface area contributed by atoms with Crippen molar-refractivity contribution in [3.05, 3.63) is 23.0 Å². The van der Waals surface area contributed by atoms with Gasteiger partial charge in [-0.3, -0.25) is 4.68 Å². The summed E-state index contributed by atoms with van der Waals surface area (Å²) in [7, 11) is 0. The van der Waals surface area contributed by atoms with Crippen molar-refractivity contribution in [2.45, 2.75) is 70.9 Å². The molecule has 1 aliphatic carbocycles. The van der Waals surface area contributed by atoms with Crippen LogP contribution in [0.5, 0.6) is 0 Å². The molecular weight excluding hydrogens is 354 g/mol. The summed E-state index contributed by atoms with van der Waals surface area (Å²) < 4.78 is 40.3. The minimum Gasteiger partial charge on any atom is -0.461 e. The van der Waals surface area contributed by atoms with Crippen LogP contribution in [0.1, 0.15) is 68.2 Å². The molecule has 0 radical (unpaired) electrons. The average molecular weight is 380 g/mol. The largest absolute Gasteiger partial charge is 0.461 e. The number of hydrogen-bond acceptors (Lipinski definition) is 4. The van der Waals surface area contributed by atoms with Gasteiger partial charge in [-0.2, -0.15) is 5.10 Å². The third-order valence-corrected chi connectivity index (χ3v) is 5.79. The number of halogens is 2. The van der Waals surface area contributed by atoms with E-state index in [9.17, 15) is 13.6 Å². The van der Waals surface area contributed by atoms with Crippen LogP contribution < -0.4 is 0 Å². The highest BCUT2D eigenvalue weighted by Crippen LogP contribution is 2.48. The molecule has 1 aromatic heterocycles. The summed E-state index contributed by atoms with van der Waals surface area (Å²) in [5.74, 6) is -3.36. The third-order valence-electron chi connectivity index (χ3n) is 5.79. The molecule has 3 aliphatic rings. The minimum atomic E-state index is -2.82. The Kier molecular flexibility index (Phi) is 4.22. The van der Waals surface area contributed by atoms with Gasteiger partial charge in [-0.15, -0.1) is 0 Å². The molecule has 1 fully saturated rings. The lowest BCUT2D eigenvalue weighted by Crippen LogP contribution is -2.30. The molecule has 1 saturated heterocycles. The van der Waals surface area contributed by atoms with Crippen molar-refractivity contribution in [1.29, 1.82) is 0 Å². The van der Waals surface area contributed by atoms with E-state index in [-0.39, 0.29) is 29.7 Å². The summed E-state index contributed by atoms with van der Waals surface area (Å²) in [6.45, 7) is 6.60. The highest BCUT2D eigenvalue weighted by Gasteiger charge is 2.47. The van der Waals surface area contributed by atoms with E-state index in [0.717, 1.165) is 31.4 Å². The Morgan fingerprint density at radius 2 is 2.19 bits per heavy atom. The molecule has 2 aliphatic heterocycles. The summed E-state index contributed by atoms with van der Waals surface area (Å²) in [4.78, 5) is 12.4. The number of fused-ring (bicyclic) bond motifs is 1. The van der Waals surface area contributed by atoms with E-state index in [1.165, 1.54) is 4.68 Å². The molecule has 1 unspecified atom stereocenters. The summed E-state index contributed by atoms with van der Waals surface area (Å²) in [6.07, 6.45) is 4.90. The van der Waals surface area contributed by atoms with Crippen molar-refractivity contribution in [3.8, 4) is 0 Å². The maximum Gasteiger partial charge on any atom is 0.359 e. The van der Waals surface area contributed by atoms with Gasteiger partial charge in [-0.25, -0.2) is 13.6 Å². The van der Waals surface area contributed by atoms with E-state index in [2.05, 4.69) is 25.0 Å². The third kappa shape index (κ3) is 3.30. The Hall–Kier alpha value is -1.76. The van der Waals surface area contributed by atoms with Crippen LogP contribution in [-0.2, 0) is 22.4 Å². The second-order valence-corrected chi connectivity index (χ2v) is 8.83. The average Bonchev–Trinajstić information content (AvgIpc) is 3.16. The highest BCUT2D eigenvalue weighted by atomic mass is 19.3. The molecule has 4 rings (SSSR count). The van der Waals surface area contributed by atoms with Gasteiger partial charge in [0.1, 0.15) is 6.54 Å². The first kappa shape index (κ1) is 18.6. The lowest BCUT2D eigenvalue weighted by molar-refractivity contribution is -0.00385. The van der Waals surface area contributed by atoms with E-state index in [1.54, 1.807) is 6.92 Å². The number of nitrogens with zero attached hydrogens (tertiary/aromatic N) is 2. The molecular formula is C20H26F2N2O3. The maximum atomic E-state index is 13.9. The van der Waals surface area contributed by atoms with Gasteiger partial charge in [0.15, 0.2) is 5.69 Å². The Morgan fingerprint density at radius 1 is 1.41 bits per heavy atom. The molecule has 0 amide bonds. The standard InChI is InChI=1S/C20H26F2N2O3/c1-4-26-17(25)16-15(14-9-20(21,22)11-24(14)23-16)13-5-7-19(8-6-13)10-18(2,3)12-27-19/h5H,4,6-12H2,1-3H3. The molecule has 0 saturated carbocycles. The monoisotopic (exact) mass is 380 g/mol. The van der Waals surface area contributed by atoms with Crippen molar-refractivity contribution in [2.24, 2.45) is 5.41 Å². The zero-order chi connectivity index (χ0) is 19.4. The van der Waals surface area contributed by atoms with Gasteiger partial charge in [-0.05, 0) is 43.6 Å². The van der Waals surface area contributed by atoms with Crippen LogP contribution in [0.25, 0.3) is 5.57 Å². The molecule has 0 bridgehead atoms. The number of ether oxygens (including phenoxy) is 2. The number of rotatable bonds is 3. The Balaban J connectivity index is 1.67. The molecule has 1 aromatic rings. The van der Waals surface area contributed by atoms with Gasteiger partial charge in [0.2, 0.25) is 0 Å². The van der Waals surface area contributed by atoms with Gasteiger partial charge in [0, 0.05) is 5.56 Å². The fourth-order valence-corrected chi connectivity index (χ4v) is 4.72. The van der Waals surface area contributed by atoms with Crippen LogP contribution in [0.3, 0.4) is 0 Å². The topological polar surface area (TPSA) is 53.3 Å². The number of alkyl halides is 2. The van der Waals surface area contributed by atoms with Gasteiger partial charge >= 0.3 is 5.97 Å². The quantitative estimate of drug-likeness (QED) is 0.744.